The van der Waals surface area contributed by atoms with Gasteiger partial charge in [-0.3, -0.25) is 9.59 Å². The summed E-state index contributed by atoms with van der Waals surface area (Å²) in [5.41, 5.74) is 5.64. The summed E-state index contributed by atoms with van der Waals surface area (Å²) in [7, 11) is 0. The van der Waals surface area contributed by atoms with E-state index in [-0.39, 0.29) is 30.8 Å². The fraction of sp³-hybridized carbons (Fsp3) is 0.333. The van der Waals surface area contributed by atoms with Crippen LogP contribution in [-0.4, -0.2) is 23.9 Å². The minimum atomic E-state index is -0.738. The maximum atomic E-state index is 11.6. The first kappa shape index (κ1) is 15.9. The van der Waals surface area contributed by atoms with Crippen LogP contribution in [0.15, 0.2) is 28.7 Å². The van der Waals surface area contributed by atoms with E-state index in [1.54, 1.807) is 12.1 Å². The molecule has 1 saturated carbocycles. The molecule has 104 valence electrons. The van der Waals surface area contributed by atoms with Gasteiger partial charge in [-0.2, -0.15) is 0 Å². The number of nitrogens with one attached hydrogen (secondary N) is 2. The van der Waals surface area contributed by atoms with Crippen molar-refractivity contribution in [2.24, 2.45) is 5.73 Å². The summed E-state index contributed by atoms with van der Waals surface area (Å²) in [5, 5.41) is 5.21. The van der Waals surface area contributed by atoms with Crippen molar-refractivity contribution in [1.29, 1.82) is 0 Å². The number of hydrogen-bond acceptors (Lipinski definition) is 3. The average molecular weight is 349 g/mol. The van der Waals surface area contributed by atoms with Gasteiger partial charge in [0.05, 0.1) is 12.1 Å². The Morgan fingerprint density at radius 3 is 2.37 bits per heavy atom. The molecule has 0 bridgehead atoms. The van der Waals surface area contributed by atoms with Crippen molar-refractivity contribution in [3.63, 3.8) is 0 Å². The molecule has 1 aromatic carbocycles. The lowest BCUT2D eigenvalue weighted by Crippen LogP contribution is -2.45. The van der Waals surface area contributed by atoms with E-state index in [0.29, 0.717) is 18.5 Å². The Labute approximate surface area is 125 Å². The summed E-state index contributed by atoms with van der Waals surface area (Å²) in [5.74, 6) is -0.525. The first-order valence-electron chi connectivity index (χ1n) is 5.62. The number of rotatable bonds is 4. The van der Waals surface area contributed by atoms with E-state index < -0.39 is 5.54 Å². The summed E-state index contributed by atoms with van der Waals surface area (Å²) in [6.45, 7) is -0.0617. The molecule has 1 fully saturated rings. The van der Waals surface area contributed by atoms with Crippen molar-refractivity contribution in [1.82, 2.24) is 5.32 Å². The van der Waals surface area contributed by atoms with Crippen LogP contribution in [0.3, 0.4) is 0 Å². The lowest BCUT2D eigenvalue weighted by Gasteiger charge is -2.10. The molecule has 0 unspecified atom stereocenters. The highest BCUT2D eigenvalue weighted by Gasteiger charge is 2.45. The van der Waals surface area contributed by atoms with Gasteiger partial charge in [-0.1, -0.05) is 15.9 Å². The Morgan fingerprint density at radius 1 is 1.26 bits per heavy atom. The average Bonchev–Trinajstić information content (AvgIpc) is 3.09. The molecular formula is C12H15BrClN3O2. The van der Waals surface area contributed by atoms with E-state index in [9.17, 15) is 9.59 Å². The lowest BCUT2D eigenvalue weighted by molar-refractivity contribution is -0.125. The van der Waals surface area contributed by atoms with Gasteiger partial charge in [-0.25, -0.2) is 0 Å². The van der Waals surface area contributed by atoms with Gasteiger partial charge in [0.15, 0.2) is 0 Å². The molecule has 1 aromatic rings. The highest BCUT2D eigenvalue weighted by Crippen LogP contribution is 2.31. The number of hydrogen-bond donors (Lipinski definition) is 3. The standard InChI is InChI=1S/C12H14BrN3O2.ClH/c13-8-1-3-9(4-2-8)16-10(17)7-15-11(18)12(14)5-6-12;/h1-4H,5-7,14H2,(H,15,18)(H,16,17);1H. The van der Waals surface area contributed by atoms with E-state index in [2.05, 4.69) is 26.6 Å². The molecule has 0 aromatic heterocycles. The molecule has 0 radical (unpaired) electrons. The summed E-state index contributed by atoms with van der Waals surface area (Å²) < 4.78 is 0.938. The first-order valence-corrected chi connectivity index (χ1v) is 6.41. The van der Waals surface area contributed by atoms with Gasteiger partial charge in [0.1, 0.15) is 0 Å². The predicted octanol–water partition coefficient (Wildman–Crippen LogP) is 1.42. The number of benzene rings is 1. The zero-order chi connectivity index (χ0) is 13.2. The van der Waals surface area contributed by atoms with Crippen LogP contribution in [0, 0.1) is 0 Å². The summed E-state index contributed by atoms with van der Waals surface area (Å²) in [6, 6.07) is 7.20. The number of carbonyl (C=O) groups excluding carboxylic acids is 2. The number of anilines is 1. The van der Waals surface area contributed by atoms with E-state index in [0.717, 1.165) is 4.47 Å². The van der Waals surface area contributed by atoms with Crippen molar-refractivity contribution >= 4 is 45.8 Å². The van der Waals surface area contributed by atoms with E-state index >= 15 is 0 Å². The predicted molar refractivity (Wildman–Crippen MR) is 79.2 cm³/mol. The SMILES string of the molecule is Cl.NC1(C(=O)NCC(=O)Nc2ccc(Br)cc2)CC1. The fourth-order valence-corrected chi connectivity index (χ4v) is 1.70. The Hall–Kier alpha value is -1.11. The third-order valence-electron chi connectivity index (χ3n) is 2.78. The van der Waals surface area contributed by atoms with E-state index in [4.69, 9.17) is 5.73 Å². The second kappa shape index (κ2) is 6.36. The molecule has 2 rings (SSSR count). The van der Waals surface area contributed by atoms with Crippen LogP contribution in [0.25, 0.3) is 0 Å². The Bertz CT molecular complexity index is 474. The van der Waals surface area contributed by atoms with Gasteiger partial charge in [-0.15, -0.1) is 12.4 Å². The largest absolute Gasteiger partial charge is 0.345 e. The van der Waals surface area contributed by atoms with E-state index in [1.807, 2.05) is 12.1 Å². The lowest BCUT2D eigenvalue weighted by atomic mass is 10.3. The fourth-order valence-electron chi connectivity index (χ4n) is 1.44. The monoisotopic (exact) mass is 347 g/mol. The minimum Gasteiger partial charge on any atom is -0.345 e. The minimum absolute atomic E-state index is 0. The summed E-state index contributed by atoms with van der Waals surface area (Å²) in [6.07, 6.45) is 1.38. The van der Waals surface area contributed by atoms with Crippen LogP contribution < -0.4 is 16.4 Å². The Morgan fingerprint density at radius 2 is 1.84 bits per heavy atom. The third kappa shape index (κ3) is 4.49. The van der Waals surface area contributed by atoms with Gasteiger partial charge in [-0.05, 0) is 37.1 Å². The molecule has 0 heterocycles. The zero-order valence-corrected chi connectivity index (χ0v) is 12.5. The molecule has 4 N–H and O–H groups in total. The van der Waals surface area contributed by atoms with Gasteiger partial charge in [0.2, 0.25) is 11.8 Å². The van der Waals surface area contributed by atoms with Crippen molar-refractivity contribution in [3.05, 3.63) is 28.7 Å². The molecule has 0 atom stereocenters. The maximum absolute atomic E-state index is 11.6. The molecular weight excluding hydrogens is 334 g/mol. The molecule has 1 aliphatic carbocycles. The number of amides is 2. The highest BCUT2D eigenvalue weighted by molar-refractivity contribution is 9.10. The smallest absolute Gasteiger partial charge is 0.243 e. The normalized spacial score (nSPS) is 15.1. The summed E-state index contributed by atoms with van der Waals surface area (Å²) >= 11 is 3.31. The maximum Gasteiger partial charge on any atom is 0.243 e. The van der Waals surface area contributed by atoms with Crippen molar-refractivity contribution < 1.29 is 9.59 Å². The molecule has 0 saturated heterocycles. The second-order valence-corrected chi connectivity index (χ2v) is 5.31. The van der Waals surface area contributed by atoms with Crippen molar-refractivity contribution in [2.45, 2.75) is 18.4 Å². The molecule has 5 nitrogen and oxygen atoms in total. The van der Waals surface area contributed by atoms with Crippen LogP contribution in [0.2, 0.25) is 0 Å². The van der Waals surface area contributed by atoms with E-state index in [1.165, 1.54) is 0 Å². The number of carbonyl (C=O) groups is 2. The third-order valence-corrected chi connectivity index (χ3v) is 3.31. The van der Waals surface area contributed by atoms with Crippen LogP contribution >= 0.6 is 28.3 Å². The van der Waals surface area contributed by atoms with Crippen LogP contribution in [-0.2, 0) is 9.59 Å². The van der Waals surface area contributed by atoms with Gasteiger partial charge in [0.25, 0.3) is 0 Å². The van der Waals surface area contributed by atoms with Crippen LogP contribution in [0.4, 0.5) is 5.69 Å². The first-order chi connectivity index (χ1) is 8.49. The van der Waals surface area contributed by atoms with Crippen LogP contribution in [0.5, 0.6) is 0 Å². The molecule has 2 amide bonds. The number of halogens is 2. The Kier molecular flexibility index (Phi) is 5.34. The molecule has 1 aliphatic rings. The van der Waals surface area contributed by atoms with Crippen molar-refractivity contribution in [2.75, 3.05) is 11.9 Å². The second-order valence-electron chi connectivity index (χ2n) is 4.39. The quantitative estimate of drug-likeness (QED) is 0.769. The summed E-state index contributed by atoms with van der Waals surface area (Å²) in [4.78, 5) is 23.1. The van der Waals surface area contributed by atoms with Crippen molar-refractivity contribution in [3.8, 4) is 0 Å². The number of nitrogens with two attached hydrogens (primary N) is 1. The van der Waals surface area contributed by atoms with Gasteiger partial charge < -0.3 is 16.4 Å². The molecule has 19 heavy (non-hydrogen) atoms. The topological polar surface area (TPSA) is 84.2 Å². The zero-order valence-electron chi connectivity index (χ0n) is 10.1. The van der Waals surface area contributed by atoms with Gasteiger partial charge >= 0.3 is 0 Å². The molecule has 7 heteroatoms. The molecule has 0 spiro atoms. The van der Waals surface area contributed by atoms with Crippen LogP contribution in [0.1, 0.15) is 12.8 Å². The molecule has 0 aliphatic heterocycles. The Balaban J connectivity index is 0.00000180. The van der Waals surface area contributed by atoms with Gasteiger partial charge in [0, 0.05) is 10.2 Å². The highest BCUT2D eigenvalue weighted by atomic mass is 79.9.